The zero-order valence-electron chi connectivity index (χ0n) is 4.33. The minimum absolute atomic E-state index is 0. The van der Waals surface area contributed by atoms with Gasteiger partial charge >= 0.3 is 37.7 Å². The van der Waals surface area contributed by atoms with Gasteiger partial charge in [0.2, 0.25) is 0 Å². The van der Waals surface area contributed by atoms with Crippen molar-refractivity contribution in [3.8, 4) is 0 Å². The molecular formula is H10CaCrCuF7FeI. The Balaban J connectivity index is 0. The monoisotopic (exact) mass is 481 g/mol. The molecule has 0 aliphatic carbocycles. The first-order chi connectivity index (χ1) is 0. The van der Waals surface area contributed by atoms with Crippen LogP contribution in [0.3, 0.4) is 0 Å². The minimum Gasteiger partial charge on any atom is 0 e. The summed E-state index contributed by atoms with van der Waals surface area (Å²) in [7, 11) is 0. The van der Waals surface area contributed by atoms with Crippen LogP contribution in [0.5, 0.6) is 0 Å². The molecule has 0 spiro atoms. The molecule has 0 amide bonds. The molecule has 0 aromatic heterocycles. The van der Waals surface area contributed by atoms with Gasteiger partial charge in [-0.05, 0) is 0 Å². The van der Waals surface area contributed by atoms with E-state index in [9.17, 15) is 0 Å². The van der Waals surface area contributed by atoms with Crippen LogP contribution < -0.4 is 0 Å². The van der Waals surface area contributed by atoms with Crippen LogP contribution in [0.25, 0.3) is 0 Å². The second kappa shape index (κ2) is 255. The predicted octanol–water partition coefficient (Wildman–Crippen LogP) is 0.762. The molecule has 0 saturated heterocycles. The van der Waals surface area contributed by atoms with E-state index in [0.29, 0.717) is 0 Å². The maximum absolute atomic E-state index is 0. The first-order valence-corrected chi connectivity index (χ1v) is 0. The quantitative estimate of drug-likeness (QED) is 0.273. The summed E-state index contributed by atoms with van der Waals surface area (Å²) in [6.45, 7) is 0. The van der Waals surface area contributed by atoms with E-state index >= 15 is 0 Å². The van der Waals surface area contributed by atoms with Gasteiger partial charge in [0, 0.05) is 51.5 Å². The van der Waals surface area contributed by atoms with Gasteiger partial charge in [-0.3, -0.25) is 32.9 Å². The average Bonchev–Trinajstić information content (AvgIpc) is 0. The van der Waals surface area contributed by atoms with Crippen molar-refractivity contribution in [3.63, 3.8) is 0 Å². The third kappa shape index (κ3) is 202. The van der Waals surface area contributed by atoms with Gasteiger partial charge in [0.25, 0.3) is 0 Å². The van der Waals surface area contributed by atoms with Crippen molar-refractivity contribution in [2.45, 2.75) is 0 Å². The van der Waals surface area contributed by atoms with Gasteiger partial charge in [-0.15, -0.1) is 24.0 Å². The summed E-state index contributed by atoms with van der Waals surface area (Å²) in [4.78, 5) is 0. The fourth-order valence-corrected chi connectivity index (χ4v) is 0. The average molecular weight is 481 g/mol. The molecule has 0 nitrogen and oxygen atoms in total. The van der Waals surface area contributed by atoms with Gasteiger partial charge in [0.1, 0.15) is 0 Å². The van der Waals surface area contributed by atoms with E-state index in [1.165, 1.54) is 0 Å². The molecular weight excluding hydrogens is 471 g/mol. The molecule has 0 fully saturated rings. The maximum atomic E-state index is 0. The van der Waals surface area contributed by atoms with Gasteiger partial charge in [-0.1, -0.05) is 0 Å². The molecule has 0 rings (SSSR count). The molecule has 0 aromatic rings. The summed E-state index contributed by atoms with van der Waals surface area (Å²) in [5.41, 5.74) is 0. The first kappa shape index (κ1) is 316. The van der Waals surface area contributed by atoms with Gasteiger partial charge in [0.05, 0.1) is 0 Å². The van der Waals surface area contributed by atoms with E-state index in [0.717, 1.165) is 0 Å². The summed E-state index contributed by atoms with van der Waals surface area (Å²) >= 11 is 0. The fraction of sp³-hybridized carbons (Fsp3) is 0. The molecule has 12 heteroatoms. The van der Waals surface area contributed by atoms with Crippen LogP contribution in [0.1, 0.15) is 0 Å². The maximum Gasteiger partial charge on any atom is 0 e. The van der Waals surface area contributed by atoms with Crippen molar-refractivity contribution in [2.75, 3.05) is 0 Å². The summed E-state index contributed by atoms with van der Waals surface area (Å²) in [6.07, 6.45) is 0. The number of hydrogen-bond acceptors (Lipinski definition) is 0. The van der Waals surface area contributed by atoms with Crippen LogP contribution in [0.4, 0.5) is 32.9 Å². The summed E-state index contributed by atoms with van der Waals surface area (Å²) in [6, 6.07) is 0. The molecule has 0 unspecified atom stereocenters. The van der Waals surface area contributed by atoms with Crippen molar-refractivity contribution in [2.24, 2.45) is 0 Å². The minimum atomic E-state index is 0. The smallest absolute Gasteiger partial charge is 0 e. The third-order valence-corrected chi connectivity index (χ3v) is 0. The molecule has 0 aliphatic rings. The van der Waals surface area contributed by atoms with Gasteiger partial charge in [-0.2, -0.15) is 0 Å². The number of halogens is 8. The van der Waals surface area contributed by atoms with Crippen LogP contribution in [-0.2, 0) is 51.5 Å². The molecule has 12 heavy (non-hydrogen) atoms. The third-order valence-electron chi connectivity index (χ3n) is 0. The Bertz CT molecular complexity index is 23.4. The molecule has 0 N–H and O–H groups in total. The van der Waals surface area contributed by atoms with Crippen molar-refractivity contribution >= 4 is 61.7 Å². The summed E-state index contributed by atoms with van der Waals surface area (Å²) < 4.78 is 0. The Morgan fingerprint density at radius 3 is 0.500 bits per heavy atom. The van der Waals surface area contributed by atoms with E-state index in [1.54, 1.807) is 0 Å². The Morgan fingerprint density at radius 2 is 0.500 bits per heavy atom. The molecule has 0 saturated carbocycles. The molecule has 0 atom stereocenters. The zero-order valence-corrected chi connectivity index (χ0v) is 9.98. The zero-order chi connectivity index (χ0) is 0. The first-order valence-electron chi connectivity index (χ1n) is 0. The predicted molar refractivity (Wildman–Crippen MR) is 41.5 cm³/mol. The number of hydrogen-bond donors (Lipinski definition) is 0. The standard InChI is InChI=1S/Ca.Cr.Cu.7FH.Fe.HI.2H/h;;;7*1H;;1H;;. The van der Waals surface area contributed by atoms with Crippen LogP contribution in [-0.4, -0.2) is 37.7 Å². The van der Waals surface area contributed by atoms with Crippen molar-refractivity contribution < 1.29 is 84.4 Å². The van der Waals surface area contributed by atoms with Crippen molar-refractivity contribution in [1.29, 1.82) is 0 Å². The Kier molecular flexibility index (Phi) is 6720. The van der Waals surface area contributed by atoms with Crippen LogP contribution in [0.15, 0.2) is 0 Å². The van der Waals surface area contributed by atoms with Crippen LogP contribution >= 0.6 is 24.0 Å². The second-order valence-electron chi connectivity index (χ2n) is 0. The van der Waals surface area contributed by atoms with E-state index in [2.05, 4.69) is 0 Å². The molecule has 0 bridgehead atoms. The molecule has 1 radical (unpaired) electrons. The number of rotatable bonds is 0. The topological polar surface area (TPSA) is 0 Å². The van der Waals surface area contributed by atoms with Crippen LogP contribution in [0.2, 0.25) is 0 Å². The molecule has 0 aromatic carbocycles. The van der Waals surface area contributed by atoms with E-state index < -0.39 is 0 Å². The largest absolute Gasteiger partial charge is 0 e. The SMILES string of the molecule is F.F.F.F.F.F.F.I.[CaH2].[Cr].[Cu].[Fe]. The second-order valence-corrected chi connectivity index (χ2v) is 0. The van der Waals surface area contributed by atoms with Crippen molar-refractivity contribution in [3.05, 3.63) is 0 Å². The van der Waals surface area contributed by atoms with Gasteiger partial charge in [0.15, 0.2) is 0 Å². The molecule has 93 valence electrons. The van der Waals surface area contributed by atoms with Gasteiger partial charge in [-0.25, -0.2) is 0 Å². The Morgan fingerprint density at radius 1 is 0.500 bits per heavy atom. The van der Waals surface area contributed by atoms with Gasteiger partial charge < -0.3 is 0 Å². The van der Waals surface area contributed by atoms with E-state index in [1.807, 2.05) is 0 Å². The molecule has 0 aliphatic heterocycles. The van der Waals surface area contributed by atoms with E-state index in [-0.39, 0.29) is 146 Å². The molecule has 0 heterocycles. The summed E-state index contributed by atoms with van der Waals surface area (Å²) in [5.74, 6) is 0. The Labute approximate surface area is 144 Å². The Hall–Kier alpha value is 3.07. The van der Waals surface area contributed by atoms with E-state index in [4.69, 9.17) is 0 Å². The fourth-order valence-electron chi connectivity index (χ4n) is 0. The normalized spacial score (nSPS) is 0. The van der Waals surface area contributed by atoms with Crippen molar-refractivity contribution in [1.82, 2.24) is 0 Å². The van der Waals surface area contributed by atoms with Crippen LogP contribution in [0, 0.1) is 0 Å². The summed E-state index contributed by atoms with van der Waals surface area (Å²) in [5, 5.41) is 0.